The standard InChI is InChI=1S/C14H27F3N4O2.HI/c1-6-21(12(22)23-13(2,3)4)10-9-20-11(18-5)19-8-7-14(15,16)17;/h6-10H2,1-5H3,(H2,18,19,20);1H. The molecule has 0 aromatic heterocycles. The molecule has 0 heterocycles. The highest BCUT2D eigenvalue weighted by atomic mass is 127. The molecule has 0 saturated heterocycles. The van der Waals surface area contributed by atoms with E-state index in [1.807, 2.05) is 6.92 Å². The lowest BCUT2D eigenvalue weighted by atomic mass is 10.2. The zero-order valence-electron chi connectivity index (χ0n) is 14.8. The van der Waals surface area contributed by atoms with Crippen LogP contribution < -0.4 is 10.6 Å². The molecule has 0 fully saturated rings. The van der Waals surface area contributed by atoms with Crippen LogP contribution >= 0.6 is 24.0 Å². The Bertz CT molecular complexity index is 398. The Morgan fingerprint density at radius 1 is 1.17 bits per heavy atom. The summed E-state index contributed by atoms with van der Waals surface area (Å²) in [7, 11) is 1.47. The molecule has 0 radical (unpaired) electrons. The third-order valence-electron chi connectivity index (χ3n) is 2.63. The molecule has 1 amide bonds. The highest BCUT2D eigenvalue weighted by Gasteiger charge is 2.26. The van der Waals surface area contributed by atoms with Gasteiger partial charge < -0.3 is 20.3 Å². The van der Waals surface area contributed by atoms with Gasteiger partial charge in [0.25, 0.3) is 0 Å². The normalized spacial score (nSPS) is 12.2. The summed E-state index contributed by atoms with van der Waals surface area (Å²) in [6, 6.07) is 0. The minimum absolute atomic E-state index is 0. The Hall–Kier alpha value is -0.940. The van der Waals surface area contributed by atoms with Crippen molar-refractivity contribution >= 4 is 36.0 Å². The lowest BCUT2D eigenvalue weighted by Gasteiger charge is -2.26. The van der Waals surface area contributed by atoms with Gasteiger partial charge >= 0.3 is 12.3 Å². The molecule has 10 heteroatoms. The van der Waals surface area contributed by atoms with Gasteiger partial charge in [0.1, 0.15) is 5.60 Å². The van der Waals surface area contributed by atoms with Crippen molar-refractivity contribution in [3.63, 3.8) is 0 Å². The van der Waals surface area contributed by atoms with E-state index in [4.69, 9.17) is 4.74 Å². The number of aliphatic imine (C=N–C) groups is 1. The lowest BCUT2D eigenvalue weighted by molar-refractivity contribution is -0.132. The number of likely N-dealkylation sites (N-methyl/N-ethyl adjacent to an activating group) is 1. The van der Waals surface area contributed by atoms with Crippen molar-refractivity contribution in [3.8, 4) is 0 Å². The summed E-state index contributed by atoms with van der Waals surface area (Å²) in [5.74, 6) is 0.259. The number of amides is 1. The Labute approximate surface area is 158 Å². The quantitative estimate of drug-likeness (QED) is 0.358. The van der Waals surface area contributed by atoms with Gasteiger partial charge in [-0.25, -0.2) is 4.79 Å². The third-order valence-corrected chi connectivity index (χ3v) is 2.63. The molecule has 0 bridgehead atoms. The molecule has 0 aliphatic rings. The number of guanidine groups is 1. The first-order valence-electron chi connectivity index (χ1n) is 7.47. The van der Waals surface area contributed by atoms with Crippen molar-refractivity contribution in [2.24, 2.45) is 4.99 Å². The van der Waals surface area contributed by atoms with E-state index >= 15 is 0 Å². The predicted molar refractivity (Wildman–Crippen MR) is 98.9 cm³/mol. The Morgan fingerprint density at radius 3 is 2.12 bits per heavy atom. The van der Waals surface area contributed by atoms with Crippen molar-refractivity contribution in [2.75, 3.05) is 33.2 Å². The molecule has 24 heavy (non-hydrogen) atoms. The second-order valence-corrected chi connectivity index (χ2v) is 5.85. The Morgan fingerprint density at radius 2 is 1.71 bits per heavy atom. The van der Waals surface area contributed by atoms with E-state index in [0.29, 0.717) is 19.6 Å². The Balaban J connectivity index is 0. The van der Waals surface area contributed by atoms with E-state index in [1.165, 1.54) is 11.9 Å². The van der Waals surface area contributed by atoms with Gasteiger partial charge in [-0.3, -0.25) is 4.99 Å². The van der Waals surface area contributed by atoms with Crippen LogP contribution in [0.1, 0.15) is 34.1 Å². The van der Waals surface area contributed by atoms with E-state index in [-0.39, 0.29) is 36.5 Å². The molecular weight excluding hydrogens is 440 g/mol. The average Bonchev–Trinajstić information content (AvgIpc) is 2.38. The van der Waals surface area contributed by atoms with Gasteiger partial charge in [0.05, 0.1) is 6.42 Å². The summed E-state index contributed by atoms with van der Waals surface area (Å²) < 4.78 is 41.5. The first-order chi connectivity index (χ1) is 10.5. The van der Waals surface area contributed by atoms with E-state index < -0.39 is 24.3 Å². The maximum absolute atomic E-state index is 12.1. The Kier molecular flexibility index (Phi) is 12.2. The van der Waals surface area contributed by atoms with E-state index in [9.17, 15) is 18.0 Å². The largest absolute Gasteiger partial charge is 0.444 e. The number of hydrogen-bond donors (Lipinski definition) is 2. The van der Waals surface area contributed by atoms with Crippen LogP contribution in [0, 0.1) is 0 Å². The van der Waals surface area contributed by atoms with Gasteiger partial charge in [0.15, 0.2) is 5.96 Å². The molecule has 2 N–H and O–H groups in total. The van der Waals surface area contributed by atoms with Crippen molar-refractivity contribution in [3.05, 3.63) is 0 Å². The number of carbonyl (C=O) groups excluding carboxylic acids is 1. The van der Waals surface area contributed by atoms with Crippen LogP contribution in [-0.4, -0.2) is 62.0 Å². The molecule has 0 aromatic rings. The minimum Gasteiger partial charge on any atom is -0.444 e. The van der Waals surface area contributed by atoms with E-state index in [0.717, 1.165) is 0 Å². The van der Waals surface area contributed by atoms with E-state index in [2.05, 4.69) is 15.6 Å². The van der Waals surface area contributed by atoms with Crippen LogP contribution in [0.4, 0.5) is 18.0 Å². The molecule has 0 atom stereocenters. The summed E-state index contributed by atoms with van der Waals surface area (Å²) in [6.45, 7) is 8.07. The highest BCUT2D eigenvalue weighted by molar-refractivity contribution is 14.0. The van der Waals surface area contributed by atoms with Crippen molar-refractivity contribution < 1.29 is 22.7 Å². The molecule has 6 nitrogen and oxygen atoms in total. The molecule has 0 aromatic carbocycles. The van der Waals surface area contributed by atoms with Crippen LogP contribution in [0.5, 0.6) is 0 Å². The monoisotopic (exact) mass is 468 g/mol. The fourth-order valence-corrected chi connectivity index (χ4v) is 1.56. The number of rotatable bonds is 6. The van der Waals surface area contributed by atoms with Crippen LogP contribution in [-0.2, 0) is 4.74 Å². The van der Waals surface area contributed by atoms with Crippen LogP contribution in [0.15, 0.2) is 4.99 Å². The van der Waals surface area contributed by atoms with Gasteiger partial charge in [-0.2, -0.15) is 13.2 Å². The molecule has 0 saturated carbocycles. The second kappa shape index (κ2) is 11.6. The summed E-state index contributed by atoms with van der Waals surface area (Å²) in [5.41, 5.74) is -0.576. The molecule has 0 aliphatic carbocycles. The maximum Gasteiger partial charge on any atom is 0.410 e. The molecule has 0 spiro atoms. The van der Waals surface area contributed by atoms with Gasteiger partial charge in [0.2, 0.25) is 0 Å². The summed E-state index contributed by atoms with van der Waals surface area (Å²) in [5, 5.41) is 5.43. The van der Waals surface area contributed by atoms with Crippen LogP contribution in [0.3, 0.4) is 0 Å². The van der Waals surface area contributed by atoms with Gasteiger partial charge in [0, 0.05) is 33.2 Å². The fraction of sp³-hybridized carbons (Fsp3) is 0.857. The van der Waals surface area contributed by atoms with Crippen molar-refractivity contribution in [1.82, 2.24) is 15.5 Å². The van der Waals surface area contributed by atoms with Gasteiger partial charge in [-0.1, -0.05) is 0 Å². The maximum atomic E-state index is 12.1. The lowest BCUT2D eigenvalue weighted by Crippen LogP contribution is -2.44. The van der Waals surface area contributed by atoms with Crippen LogP contribution in [0.25, 0.3) is 0 Å². The fourth-order valence-electron chi connectivity index (χ4n) is 1.56. The number of carbonyl (C=O) groups is 1. The van der Waals surface area contributed by atoms with Gasteiger partial charge in [-0.05, 0) is 27.7 Å². The molecule has 144 valence electrons. The first-order valence-corrected chi connectivity index (χ1v) is 7.47. The number of halogens is 4. The van der Waals surface area contributed by atoms with Crippen LogP contribution in [0.2, 0.25) is 0 Å². The zero-order valence-corrected chi connectivity index (χ0v) is 17.1. The summed E-state index contributed by atoms with van der Waals surface area (Å²) in [6.07, 6.45) is -5.57. The summed E-state index contributed by atoms with van der Waals surface area (Å²) >= 11 is 0. The number of hydrogen-bond acceptors (Lipinski definition) is 3. The molecule has 0 aliphatic heterocycles. The zero-order chi connectivity index (χ0) is 18.1. The first kappa shape index (κ1) is 25.3. The van der Waals surface area contributed by atoms with Crippen molar-refractivity contribution in [1.29, 1.82) is 0 Å². The second-order valence-electron chi connectivity index (χ2n) is 5.85. The minimum atomic E-state index is -4.21. The van der Waals surface area contributed by atoms with Gasteiger partial charge in [-0.15, -0.1) is 24.0 Å². The summed E-state index contributed by atoms with van der Waals surface area (Å²) in [4.78, 5) is 17.3. The topological polar surface area (TPSA) is 66.0 Å². The number of nitrogens with zero attached hydrogens (tertiary/aromatic N) is 2. The smallest absolute Gasteiger partial charge is 0.410 e. The molecule has 0 rings (SSSR count). The number of ether oxygens (including phenoxy) is 1. The number of alkyl halides is 3. The van der Waals surface area contributed by atoms with E-state index in [1.54, 1.807) is 20.8 Å². The number of nitrogens with one attached hydrogen (secondary N) is 2. The molecule has 0 unspecified atom stereocenters. The SMILES string of the molecule is CCN(CCNC(=NC)NCCC(F)(F)F)C(=O)OC(C)(C)C.I. The highest BCUT2D eigenvalue weighted by Crippen LogP contribution is 2.18. The average molecular weight is 468 g/mol. The predicted octanol–water partition coefficient (Wildman–Crippen LogP) is 2.98. The van der Waals surface area contributed by atoms with Crippen molar-refractivity contribution in [2.45, 2.75) is 45.9 Å². The third kappa shape index (κ3) is 13.5. The molecular formula is C14H28F3IN4O2.